The molecule has 0 radical (unpaired) electrons. The molecule has 1 rings (SSSR count). The Bertz CT molecular complexity index is 377. The van der Waals surface area contributed by atoms with E-state index in [-0.39, 0.29) is 11.5 Å². The van der Waals surface area contributed by atoms with Crippen LogP contribution in [0.15, 0.2) is 18.5 Å². The molecule has 102 valence electrons. The van der Waals surface area contributed by atoms with E-state index in [2.05, 4.69) is 53.9 Å². The summed E-state index contributed by atoms with van der Waals surface area (Å²) in [7, 11) is 1.42. The van der Waals surface area contributed by atoms with Crippen LogP contribution >= 0.6 is 0 Å². The minimum Gasteiger partial charge on any atom is -0.469 e. The summed E-state index contributed by atoms with van der Waals surface area (Å²) in [5.74, 6) is -0.142. The third kappa shape index (κ3) is 5.87. The first kappa shape index (κ1) is 14.8. The number of rotatable bonds is 6. The van der Waals surface area contributed by atoms with E-state index in [0.717, 1.165) is 19.5 Å². The average molecular weight is 252 g/mol. The van der Waals surface area contributed by atoms with Crippen molar-refractivity contribution in [3.8, 4) is 0 Å². The smallest absolute Gasteiger partial charge is 0.305 e. The first-order valence-electron chi connectivity index (χ1n) is 6.37. The second-order valence-corrected chi connectivity index (χ2v) is 5.54. The van der Waals surface area contributed by atoms with Gasteiger partial charge in [0.05, 0.1) is 7.11 Å². The van der Waals surface area contributed by atoms with Crippen LogP contribution in [0.5, 0.6) is 0 Å². The molecule has 0 saturated heterocycles. The van der Waals surface area contributed by atoms with Crippen LogP contribution in [0, 0.1) is 0 Å². The number of methoxy groups -OCH3 is 1. The minimum absolute atomic E-state index is 0.132. The van der Waals surface area contributed by atoms with Crippen LogP contribution in [0.4, 0.5) is 0 Å². The highest BCUT2D eigenvalue weighted by molar-refractivity contribution is 5.68. The number of nitrogens with zero attached hydrogens (tertiary/aromatic N) is 1. The molecule has 0 atom stereocenters. The monoisotopic (exact) mass is 252 g/mol. The van der Waals surface area contributed by atoms with Crippen molar-refractivity contribution < 1.29 is 9.53 Å². The van der Waals surface area contributed by atoms with E-state index in [1.165, 1.54) is 12.7 Å². The van der Waals surface area contributed by atoms with Crippen molar-refractivity contribution in [3.63, 3.8) is 0 Å². The second-order valence-electron chi connectivity index (χ2n) is 5.54. The SMILES string of the molecule is COC(=O)CCCn1ccc(CNC(C)(C)C)c1. The van der Waals surface area contributed by atoms with Crippen molar-refractivity contribution in [1.29, 1.82) is 0 Å². The molecule has 0 aromatic carbocycles. The van der Waals surface area contributed by atoms with Crippen molar-refractivity contribution in [2.75, 3.05) is 7.11 Å². The molecule has 1 aromatic rings. The zero-order valence-electron chi connectivity index (χ0n) is 11.8. The van der Waals surface area contributed by atoms with Crippen LogP contribution in [-0.4, -0.2) is 23.2 Å². The predicted molar refractivity (Wildman–Crippen MR) is 72.3 cm³/mol. The number of ether oxygens (including phenoxy) is 1. The minimum atomic E-state index is -0.142. The molecule has 0 amide bonds. The maximum absolute atomic E-state index is 11.0. The number of carbonyl (C=O) groups excluding carboxylic acids is 1. The molecule has 4 heteroatoms. The van der Waals surface area contributed by atoms with Gasteiger partial charge in [0.2, 0.25) is 0 Å². The van der Waals surface area contributed by atoms with Gasteiger partial charge in [-0.05, 0) is 38.8 Å². The molecular formula is C14H24N2O2. The zero-order valence-corrected chi connectivity index (χ0v) is 11.8. The van der Waals surface area contributed by atoms with Crippen LogP contribution in [0.1, 0.15) is 39.2 Å². The standard InChI is InChI=1S/C14H24N2O2/c1-14(2,3)15-10-12-7-9-16(11-12)8-5-6-13(17)18-4/h7,9,11,15H,5-6,8,10H2,1-4H3. The molecular weight excluding hydrogens is 228 g/mol. The Hall–Kier alpha value is -1.29. The third-order valence-electron chi connectivity index (χ3n) is 2.66. The van der Waals surface area contributed by atoms with Gasteiger partial charge >= 0.3 is 5.97 Å². The highest BCUT2D eigenvalue weighted by Crippen LogP contribution is 2.06. The summed E-state index contributed by atoms with van der Waals surface area (Å²) in [6, 6.07) is 2.11. The first-order chi connectivity index (χ1) is 8.40. The summed E-state index contributed by atoms with van der Waals surface area (Å²) >= 11 is 0. The molecule has 18 heavy (non-hydrogen) atoms. The Morgan fingerprint density at radius 3 is 2.78 bits per heavy atom. The average Bonchev–Trinajstić information content (AvgIpc) is 2.73. The van der Waals surface area contributed by atoms with Crippen molar-refractivity contribution in [2.45, 2.75) is 52.2 Å². The molecule has 0 aliphatic rings. The maximum atomic E-state index is 11.0. The quantitative estimate of drug-likeness (QED) is 0.790. The van der Waals surface area contributed by atoms with Crippen molar-refractivity contribution in [1.82, 2.24) is 9.88 Å². The van der Waals surface area contributed by atoms with E-state index >= 15 is 0 Å². The van der Waals surface area contributed by atoms with Crippen LogP contribution in [0.3, 0.4) is 0 Å². The number of hydrogen-bond acceptors (Lipinski definition) is 3. The summed E-state index contributed by atoms with van der Waals surface area (Å²) in [6.45, 7) is 8.18. The number of esters is 1. The molecule has 0 unspecified atom stereocenters. The van der Waals surface area contributed by atoms with E-state index in [1.54, 1.807) is 0 Å². The zero-order chi connectivity index (χ0) is 13.6. The fourth-order valence-corrected chi connectivity index (χ4v) is 1.61. The Morgan fingerprint density at radius 1 is 1.44 bits per heavy atom. The van der Waals surface area contributed by atoms with Crippen LogP contribution in [0.25, 0.3) is 0 Å². The predicted octanol–water partition coefficient (Wildman–Crippen LogP) is 2.33. The van der Waals surface area contributed by atoms with Crippen LogP contribution < -0.4 is 5.32 Å². The molecule has 0 bridgehead atoms. The van der Waals surface area contributed by atoms with Gasteiger partial charge in [0.1, 0.15) is 0 Å². The molecule has 1 aromatic heterocycles. The summed E-state index contributed by atoms with van der Waals surface area (Å²) in [5.41, 5.74) is 1.40. The maximum Gasteiger partial charge on any atom is 0.305 e. The van der Waals surface area contributed by atoms with E-state index in [4.69, 9.17) is 0 Å². The second kappa shape index (κ2) is 6.59. The van der Waals surface area contributed by atoms with E-state index in [0.29, 0.717) is 6.42 Å². The van der Waals surface area contributed by atoms with Crippen molar-refractivity contribution >= 4 is 5.97 Å². The Balaban J connectivity index is 2.32. The Labute approximate surface area is 109 Å². The number of aryl methyl sites for hydroxylation is 1. The Kier molecular flexibility index (Phi) is 5.41. The van der Waals surface area contributed by atoms with Gasteiger partial charge in [0.15, 0.2) is 0 Å². The highest BCUT2D eigenvalue weighted by atomic mass is 16.5. The van der Waals surface area contributed by atoms with Gasteiger partial charge in [0.25, 0.3) is 0 Å². The van der Waals surface area contributed by atoms with Crippen LogP contribution in [0.2, 0.25) is 0 Å². The van der Waals surface area contributed by atoms with Gasteiger partial charge < -0.3 is 14.6 Å². The van der Waals surface area contributed by atoms with E-state index in [1.807, 2.05) is 0 Å². The molecule has 4 nitrogen and oxygen atoms in total. The number of nitrogens with one attached hydrogen (secondary N) is 1. The normalized spacial score (nSPS) is 11.6. The molecule has 0 saturated carbocycles. The summed E-state index contributed by atoms with van der Waals surface area (Å²) in [4.78, 5) is 11.0. The Morgan fingerprint density at radius 2 is 2.17 bits per heavy atom. The molecule has 1 N–H and O–H groups in total. The molecule has 0 spiro atoms. The largest absolute Gasteiger partial charge is 0.469 e. The van der Waals surface area contributed by atoms with Gasteiger partial charge in [-0.15, -0.1) is 0 Å². The van der Waals surface area contributed by atoms with Gasteiger partial charge in [-0.1, -0.05) is 0 Å². The van der Waals surface area contributed by atoms with Gasteiger partial charge in [0, 0.05) is 37.4 Å². The lowest BCUT2D eigenvalue weighted by molar-refractivity contribution is -0.140. The number of hydrogen-bond donors (Lipinski definition) is 1. The lowest BCUT2D eigenvalue weighted by atomic mass is 10.1. The fraction of sp³-hybridized carbons (Fsp3) is 0.643. The van der Waals surface area contributed by atoms with Gasteiger partial charge in [-0.3, -0.25) is 4.79 Å². The lowest BCUT2D eigenvalue weighted by Crippen LogP contribution is -2.34. The van der Waals surface area contributed by atoms with Gasteiger partial charge in [-0.2, -0.15) is 0 Å². The highest BCUT2D eigenvalue weighted by Gasteiger charge is 2.08. The molecule has 0 fully saturated rings. The van der Waals surface area contributed by atoms with E-state index < -0.39 is 0 Å². The number of carbonyl (C=O) groups is 1. The number of aromatic nitrogens is 1. The van der Waals surface area contributed by atoms with E-state index in [9.17, 15) is 4.79 Å². The molecule has 0 aliphatic carbocycles. The summed E-state index contributed by atoms with van der Waals surface area (Å²) in [6.07, 6.45) is 5.46. The molecule has 0 aliphatic heterocycles. The topological polar surface area (TPSA) is 43.3 Å². The van der Waals surface area contributed by atoms with Crippen molar-refractivity contribution in [3.05, 3.63) is 24.0 Å². The fourth-order valence-electron chi connectivity index (χ4n) is 1.61. The third-order valence-corrected chi connectivity index (χ3v) is 2.66. The molecule has 1 heterocycles. The first-order valence-corrected chi connectivity index (χ1v) is 6.37. The van der Waals surface area contributed by atoms with Crippen LogP contribution in [-0.2, 0) is 22.6 Å². The summed E-state index contributed by atoms with van der Waals surface area (Å²) in [5, 5.41) is 3.45. The lowest BCUT2D eigenvalue weighted by Gasteiger charge is -2.19. The van der Waals surface area contributed by atoms with Gasteiger partial charge in [-0.25, -0.2) is 0 Å². The van der Waals surface area contributed by atoms with Crippen molar-refractivity contribution in [2.24, 2.45) is 0 Å². The summed E-state index contributed by atoms with van der Waals surface area (Å²) < 4.78 is 6.72.